The first-order chi connectivity index (χ1) is 11.5. The summed E-state index contributed by atoms with van der Waals surface area (Å²) in [5.74, 6) is 0.283. The highest BCUT2D eigenvalue weighted by Crippen LogP contribution is 2.20. The van der Waals surface area contributed by atoms with Gasteiger partial charge >= 0.3 is 0 Å². The van der Waals surface area contributed by atoms with Gasteiger partial charge in [0.2, 0.25) is 0 Å². The molecule has 5 nitrogen and oxygen atoms in total. The van der Waals surface area contributed by atoms with Crippen molar-refractivity contribution >= 4 is 0 Å². The Balaban J connectivity index is 1.68. The van der Waals surface area contributed by atoms with Crippen molar-refractivity contribution in [3.63, 3.8) is 0 Å². The van der Waals surface area contributed by atoms with Crippen LogP contribution in [-0.2, 0) is 0 Å². The predicted octanol–water partition coefficient (Wildman–Crippen LogP) is 0.935. The minimum Gasteiger partial charge on any atom is -0.494 e. The molecule has 0 radical (unpaired) electrons. The summed E-state index contributed by atoms with van der Waals surface area (Å²) in [7, 11) is 0. The maximum atomic E-state index is 12.8. The van der Waals surface area contributed by atoms with Crippen molar-refractivity contribution in [3.05, 3.63) is 41.7 Å². The van der Waals surface area contributed by atoms with E-state index in [4.69, 9.17) is 4.74 Å². The van der Waals surface area contributed by atoms with E-state index in [1.165, 1.54) is 18.2 Å². The first-order valence-electron chi connectivity index (χ1n) is 7.95. The first kappa shape index (κ1) is 18.8. The van der Waals surface area contributed by atoms with Gasteiger partial charge in [-0.25, -0.2) is 8.78 Å². The highest BCUT2D eigenvalue weighted by molar-refractivity contribution is 5.22. The molecule has 0 saturated carbocycles. The van der Waals surface area contributed by atoms with Gasteiger partial charge in [0.25, 0.3) is 0 Å². The Labute approximate surface area is 139 Å². The molecule has 0 amide bonds. The molecule has 1 aromatic carbocycles. The molecule has 7 heteroatoms. The lowest BCUT2D eigenvalue weighted by Crippen LogP contribution is -2.54. The van der Waals surface area contributed by atoms with E-state index in [0.717, 1.165) is 12.8 Å². The van der Waals surface area contributed by atoms with Crippen LogP contribution < -0.4 is 10.1 Å². The van der Waals surface area contributed by atoms with E-state index < -0.39 is 31.0 Å². The molecule has 1 aromatic rings. The molecule has 0 bridgehead atoms. The third-order valence-corrected chi connectivity index (χ3v) is 4.00. The van der Waals surface area contributed by atoms with Crippen LogP contribution >= 0.6 is 0 Å². The Morgan fingerprint density at radius 2 is 1.75 bits per heavy atom. The van der Waals surface area contributed by atoms with Gasteiger partial charge < -0.3 is 25.4 Å². The molecule has 24 heavy (non-hydrogen) atoms. The summed E-state index contributed by atoms with van der Waals surface area (Å²) in [6.07, 6.45) is -1.06. The molecule has 0 spiro atoms. The first-order valence-corrected chi connectivity index (χ1v) is 7.95. The number of benzene rings is 1. The van der Waals surface area contributed by atoms with Gasteiger partial charge in [-0.1, -0.05) is 6.08 Å². The Morgan fingerprint density at radius 3 is 2.42 bits per heavy atom. The molecule has 2 rings (SSSR count). The molecule has 0 aliphatic heterocycles. The zero-order valence-electron chi connectivity index (χ0n) is 13.2. The second-order valence-corrected chi connectivity index (χ2v) is 5.79. The predicted molar refractivity (Wildman–Crippen MR) is 85.0 cm³/mol. The van der Waals surface area contributed by atoms with E-state index >= 15 is 0 Å². The van der Waals surface area contributed by atoms with Crippen molar-refractivity contribution in [2.45, 2.75) is 37.2 Å². The second-order valence-electron chi connectivity index (χ2n) is 5.79. The maximum absolute atomic E-state index is 12.8. The van der Waals surface area contributed by atoms with Gasteiger partial charge in [-0.05, 0) is 49.2 Å². The van der Waals surface area contributed by atoms with E-state index in [-0.39, 0.29) is 11.4 Å². The van der Waals surface area contributed by atoms with E-state index in [9.17, 15) is 24.1 Å². The number of halogens is 2. The van der Waals surface area contributed by atoms with Crippen molar-refractivity contribution < 1.29 is 28.8 Å². The summed E-state index contributed by atoms with van der Waals surface area (Å²) in [6.45, 7) is 0.134. The van der Waals surface area contributed by atoms with Crippen molar-refractivity contribution in [1.29, 1.82) is 0 Å². The van der Waals surface area contributed by atoms with Crippen LogP contribution in [0.15, 0.2) is 35.9 Å². The van der Waals surface area contributed by atoms with Gasteiger partial charge in [-0.2, -0.15) is 0 Å². The van der Waals surface area contributed by atoms with E-state index in [0.29, 0.717) is 18.9 Å². The lowest BCUT2D eigenvalue weighted by Gasteiger charge is -2.34. The molecule has 0 unspecified atom stereocenters. The van der Waals surface area contributed by atoms with Crippen LogP contribution in [0.2, 0.25) is 0 Å². The zero-order chi connectivity index (χ0) is 17.5. The number of hydrogen-bond donors (Lipinski definition) is 4. The summed E-state index contributed by atoms with van der Waals surface area (Å²) in [5.41, 5.74) is 0.0740. The van der Waals surface area contributed by atoms with Crippen LogP contribution in [0.3, 0.4) is 0 Å². The average molecular weight is 343 g/mol. The summed E-state index contributed by atoms with van der Waals surface area (Å²) in [6, 6.07) is 5.17. The summed E-state index contributed by atoms with van der Waals surface area (Å²) >= 11 is 0. The summed E-state index contributed by atoms with van der Waals surface area (Å²) in [5, 5.41) is 32.2. The van der Waals surface area contributed by atoms with Crippen LogP contribution in [0.25, 0.3) is 0 Å². The van der Waals surface area contributed by atoms with Crippen LogP contribution in [0.4, 0.5) is 8.78 Å². The number of nitrogens with one attached hydrogen (secondary N) is 1. The van der Waals surface area contributed by atoms with Gasteiger partial charge in [-0.15, -0.1) is 0 Å². The molecule has 1 aliphatic carbocycles. The lowest BCUT2D eigenvalue weighted by molar-refractivity contribution is -0.0628. The topological polar surface area (TPSA) is 82.0 Å². The van der Waals surface area contributed by atoms with Gasteiger partial charge in [0.05, 0.1) is 12.6 Å². The van der Waals surface area contributed by atoms with E-state index in [2.05, 4.69) is 5.32 Å². The average Bonchev–Trinajstić information content (AvgIpc) is 2.59. The Morgan fingerprint density at radius 1 is 1.04 bits per heavy atom. The largest absolute Gasteiger partial charge is 0.494 e. The highest BCUT2D eigenvalue weighted by atomic mass is 19.1. The SMILES string of the molecule is O[C@@H]1[C@@H](O)[C@@H](O)C(CF)=C[C@H]1NCCCCOc1ccc(F)cc1. The lowest BCUT2D eigenvalue weighted by atomic mass is 9.88. The highest BCUT2D eigenvalue weighted by Gasteiger charge is 2.36. The van der Waals surface area contributed by atoms with Gasteiger partial charge in [0.1, 0.15) is 36.6 Å². The molecule has 0 aromatic heterocycles. The molecule has 134 valence electrons. The van der Waals surface area contributed by atoms with Crippen molar-refractivity contribution in [2.75, 3.05) is 19.8 Å². The molecule has 1 aliphatic rings. The molecule has 0 heterocycles. The standard InChI is InChI=1S/C17H23F2NO4/c18-10-11-9-14(16(22)17(23)15(11)21)20-7-1-2-8-24-13-5-3-12(19)4-6-13/h3-6,9,14-17,20-23H,1-2,7-8,10H2/t14-,15+,16+,17+/m1/s1. The quantitative estimate of drug-likeness (QED) is 0.417. The fourth-order valence-corrected chi connectivity index (χ4v) is 2.57. The summed E-state index contributed by atoms with van der Waals surface area (Å²) in [4.78, 5) is 0. The molecule has 0 saturated heterocycles. The number of aliphatic hydroxyl groups excluding tert-OH is 3. The number of rotatable bonds is 8. The number of aliphatic hydroxyl groups is 3. The third kappa shape index (κ3) is 4.98. The van der Waals surface area contributed by atoms with Crippen LogP contribution in [-0.4, -0.2) is 59.5 Å². The van der Waals surface area contributed by atoms with E-state index in [1.54, 1.807) is 12.1 Å². The second kappa shape index (κ2) is 9.08. The zero-order valence-corrected chi connectivity index (χ0v) is 13.2. The Bertz CT molecular complexity index is 538. The minimum absolute atomic E-state index is 0.0740. The molecule has 4 N–H and O–H groups in total. The number of hydrogen-bond acceptors (Lipinski definition) is 5. The Hall–Kier alpha value is -1.54. The van der Waals surface area contributed by atoms with Crippen molar-refractivity contribution in [2.24, 2.45) is 0 Å². The van der Waals surface area contributed by atoms with Gasteiger partial charge in [0, 0.05) is 0 Å². The number of ether oxygens (including phenoxy) is 1. The number of unbranched alkanes of at least 4 members (excludes halogenated alkanes) is 1. The fourth-order valence-electron chi connectivity index (χ4n) is 2.57. The Kier molecular flexibility index (Phi) is 7.11. The molecule has 0 fully saturated rings. The summed E-state index contributed by atoms with van der Waals surface area (Å²) < 4.78 is 31.0. The smallest absolute Gasteiger partial charge is 0.123 e. The normalized spacial score (nSPS) is 27.0. The minimum atomic E-state index is -1.40. The van der Waals surface area contributed by atoms with Crippen LogP contribution in [0, 0.1) is 5.82 Å². The maximum Gasteiger partial charge on any atom is 0.123 e. The van der Waals surface area contributed by atoms with Gasteiger partial charge in [-0.3, -0.25) is 0 Å². The van der Waals surface area contributed by atoms with Crippen molar-refractivity contribution in [3.8, 4) is 5.75 Å². The fraction of sp³-hybridized carbons (Fsp3) is 0.529. The monoisotopic (exact) mass is 343 g/mol. The van der Waals surface area contributed by atoms with Crippen LogP contribution in [0.5, 0.6) is 5.75 Å². The molecular weight excluding hydrogens is 320 g/mol. The molecule has 4 atom stereocenters. The van der Waals surface area contributed by atoms with Crippen LogP contribution in [0.1, 0.15) is 12.8 Å². The van der Waals surface area contributed by atoms with Gasteiger partial charge in [0.15, 0.2) is 0 Å². The molecular formula is C17H23F2NO4. The third-order valence-electron chi connectivity index (χ3n) is 4.00. The number of alkyl halides is 1. The van der Waals surface area contributed by atoms with E-state index in [1.807, 2.05) is 0 Å². The van der Waals surface area contributed by atoms with Crippen molar-refractivity contribution in [1.82, 2.24) is 5.32 Å².